The van der Waals surface area contributed by atoms with Crippen molar-refractivity contribution in [1.29, 1.82) is 0 Å². The van der Waals surface area contributed by atoms with E-state index in [9.17, 15) is 10.1 Å². The average Bonchev–Trinajstić information content (AvgIpc) is 2.73. The van der Waals surface area contributed by atoms with Gasteiger partial charge in [-0.1, -0.05) is 6.07 Å². The van der Waals surface area contributed by atoms with Crippen LogP contribution in [0.5, 0.6) is 5.75 Å². The van der Waals surface area contributed by atoms with Crippen LogP contribution in [0.4, 0.5) is 5.69 Å². The lowest BCUT2D eigenvalue weighted by atomic mass is 10.2. The number of hydrogen-bond donors (Lipinski definition) is 0. The lowest BCUT2D eigenvalue weighted by Crippen LogP contribution is -2.09. The second kappa shape index (κ2) is 5.09. The van der Waals surface area contributed by atoms with Crippen molar-refractivity contribution in [2.24, 2.45) is 0 Å². The van der Waals surface area contributed by atoms with Gasteiger partial charge in [-0.2, -0.15) is 0 Å². The number of nitro benzene ring substituents is 1. The predicted molar refractivity (Wildman–Crippen MR) is 70.7 cm³/mol. The Morgan fingerprint density at radius 3 is 2.68 bits per heavy atom. The van der Waals surface area contributed by atoms with E-state index in [-0.39, 0.29) is 17.5 Å². The van der Waals surface area contributed by atoms with Gasteiger partial charge in [0.2, 0.25) is 0 Å². The van der Waals surface area contributed by atoms with E-state index in [1.807, 2.05) is 13.8 Å². The number of aryl methyl sites for hydroxylation is 1. The summed E-state index contributed by atoms with van der Waals surface area (Å²) < 4.78 is 7.18. The van der Waals surface area contributed by atoms with Gasteiger partial charge in [0, 0.05) is 12.4 Å². The number of rotatable bonds is 4. The molecule has 0 saturated heterocycles. The van der Waals surface area contributed by atoms with Crippen molar-refractivity contribution in [3.05, 3.63) is 46.5 Å². The van der Waals surface area contributed by atoms with Crippen molar-refractivity contribution < 1.29 is 9.66 Å². The van der Waals surface area contributed by atoms with Crippen LogP contribution in [0.25, 0.3) is 5.69 Å². The number of para-hydroxylation sites is 1. The van der Waals surface area contributed by atoms with E-state index in [1.165, 1.54) is 0 Å². The Labute approximate surface area is 110 Å². The summed E-state index contributed by atoms with van der Waals surface area (Å²) in [5, 5.41) is 11.3. The summed E-state index contributed by atoms with van der Waals surface area (Å²) in [4.78, 5) is 15.0. The van der Waals surface area contributed by atoms with Crippen LogP contribution in [0.1, 0.15) is 19.7 Å². The minimum atomic E-state index is -0.424. The highest BCUT2D eigenvalue weighted by atomic mass is 16.6. The van der Waals surface area contributed by atoms with Gasteiger partial charge in [-0.3, -0.25) is 14.7 Å². The number of imidazole rings is 1. The molecule has 0 unspecified atom stereocenters. The van der Waals surface area contributed by atoms with Gasteiger partial charge in [0.15, 0.2) is 5.75 Å². The molecule has 0 radical (unpaired) electrons. The largest absolute Gasteiger partial charge is 0.484 e. The third kappa shape index (κ3) is 2.57. The fourth-order valence-electron chi connectivity index (χ4n) is 1.87. The second-order valence-corrected chi connectivity index (χ2v) is 4.39. The molecule has 100 valence electrons. The molecule has 1 aromatic carbocycles. The number of hydrogen-bond acceptors (Lipinski definition) is 4. The molecule has 0 aliphatic heterocycles. The first-order chi connectivity index (χ1) is 9.00. The molecule has 19 heavy (non-hydrogen) atoms. The van der Waals surface area contributed by atoms with Gasteiger partial charge in [0.1, 0.15) is 11.5 Å². The van der Waals surface area contributed by atoms with Crippen LogP contribution in [-0.2, 0) is 0 Å². The zero-order chi connectivity index (χ0) is 14.0. The zero-order valence-corrected chi connectivity index (χ0v) is 11.0. The van der Waals surface area contributed by atoms with Crippen LogP contribution in [0.2, 0.25) is 0 Å². The third-order valence-corrected chi connectivity index (χ3v) is 2.61. The summed E-state index contributed by atoms with van der Waals surface area (Å²) >= 11 is 0. The molecular formula is C13H15N3O3. The minimum Gasteiger partial charge on any atom is -0.484 e. The van der Waals surface area contributed by atoms with Gasteiger partial charge in [-0.25, -0.2) is 4.98 Å². The van der Waals surface area contributed by atoms with Crippen LogP contribution in [0.15, 0.2) is 30.6 Å². The van der Waals surface area contributed by atoms with Crippen LogP contribution < -0.4 is 4.74 Å². The number of nitrogens with zero attached hydrogens (tertiary/aromatic N) is 3. The molecule has 0 aliphatic carbocycles. The van der Waals surface area contributed by atoms with Crippen molar-refractivity contribution in [1.82, 2.24) is 9.55 Å². The molecule has 0 bridgehead atoms. The van der Waals surface area contributed by atoms with Gasteiger partial charge in [0.05, 0.1) is 11.0 Å². The monoisotopic (exact) mass is 261 g/mol. The fraction of sp³-hybridized carbons (Fsp3) is 0.308. The molecule has 0 fully saturated rings. The highest BCUT2D eigenvalue weighted by molar-refractivity contribution is 5.61. The SMILES string of the molecule is Cc1nccn1-c1cccc(OC(C)C)c1[N+](=O)[O-]. The van der Waals surface area contributed by atoms with Gasteiger partial charge < -0.3 is 4.74 Å². The van der Waals surface area contributed by atoms with Gasteiger partial charge in [-0.05, 0) is 32.9 Å². The third-order valence-electron chi connectivity index (χ3n) is 2.61. The Morgan fingerprint density at radius 2 is 2.16 bits per heavy atom. The average molecular weight is 261 g/mol. The molecule has 2 aromatic rings. The predicted octanol–water partition coefficient (Wildman–Crippen LogP) is 2.88. The Bertz CT molecular complexity index is 605. The van der Waals surface area contributed by atoms with E-state index in [0.29, 0.717) is 11.5 Å². The molecular weight excluding hydrogens is 246 g/mol. The molecule has 6 heteroatoms. The molecule has 1 aromatic heterocycles. The zero-order valence-electron chi connectivity index (χ0n) is 11.0. The summed E-state index contributed by atoms with van der Waals surface area (Å²) in [6, 6.07) is 5.02. The normalized spacial score (nSPS) is 10.7. The van der Waals surface area contributed by atoms with Crippen molar-refractivity contribution >= 4 is 5.69 Å². The van der Waals surface area contributed by atoms with Gasteiger partial charge in [-0.15, -0.1) is 0 Å². The van der Waals surface area contributed by atoms with Crippen LogP contribution in [-0.4, -0.2) is 20.6 Å². The number of benzene rings is 1. The number of aromatic nitrogens is 2. The summed E-state index contributed by atoms with van der Waals surface area (Å²) in [5.41, 5.74) is 0.412. The maximum Gasteiger partial charge on any atom is 0.334 e. The van der Waals surface area contributed by atoms with Crippen molar-refractivity contribution in [3.8, 4) is 11.4 Å². The van der Waals surface area contributed by atoms with Crippen molar-refractivity contribution in [3.63, 3.8) is 0 Å². The van der Waals surface area contributed by atoms with Crippen molar-refractivity contribution in [2.75, 3.05) is 0 Å². The van der Waals surface area contributed by atoms with E-state index in [4.69, 9.17) is 4.74 Å². The van der Waals surface area contributed by atoms with Crippen LogP contribution in [0, 0.1) is 17.0 Å². The minimum absolute atomic E-state index is 0.0442. The number of nitro groups is 1. The highest BCUT2D eigenvalue weighted by Crippen LogP contribution is 2.34. The smallest absolute Gasteiger partial charge is 0.334 e. The van der Waals surface area contributed by atoms with Gasteiger partial charge >= 0.3 is 5.69 Å². The first-order valence-corrected chi connectivity index (χ1v) is 5.95. The Hall–Kier alpha value is -2.37. The van der Waals surface area contributed by atoms with E-state index >= 15 is 0 Å². The van der Waals surface area contributed by atoms with Gasteiger partial charge in [0.25, 0.3) is 0 Å². The Balaban J connectivity index is 2.61. The first-order valence-electron chi connectivity index (χ1n) is 5.95. The van der Waals surface area contributed by atoms with E-state index < -0.39 is 4.92 Å². The molecule has 0 amide bonds. The quantitative estimate of drug-likeness (QED) is 0.626. The lowest BCUT2D eigenvalue weighted by Gasteiger charge is -2.13. The van der Waals surface area contributed by atoms with E-state index in [0.717, 1.165) is 0 Å². The Kier molecular flexibility index (Phi) is 3.50. The molecule has 1 heterocycles. The molecule has 0 N–H and O–H groups in total. The molecule has 2 rings (SSSR count). The molecule has 6 nitrogen and oxygen atoms in total. The maximum atomic E-state index is 11.3. The molecule has 0 spiro atoms. The summed E-state index contributed by atoms with van der Waals surface area (Å²) in [7, 11) is 0. The standard InChI is InChI=1S/C13H15N3O3/c1-9(2)19-12-6-4-5-11(13(12)16(17)18)15-8-7-14-10(15)3/h4-9H,1-3H3. The van der Waals surface area contributed by atoms with Crippen molar-refractivity contribution in [2.45, 2.75) is 26.9 Å². The van der Waals surface area contributed by atoms with Crippen LogP contribution in [0.3, 0.4) is 0 Å². The maximum absolute atomic E-state index is 11.3. The molecule has 0 aliphatic rings. The summed E-state index contributed by atoms with van der Waals surface area (Å²) in [6.07, 6.45) is 3.17. The molecule has 0 saturated carbocycles. The fourth-order valence-corrected chi connectivity index (χ4v) is 1.87. The number of ether oxygens (including phenoxy) is 1. The van der Waals surface area contributed by atoms with E-state index in [1.54, 1.807) is 42.1 Å². The van der Waals surface area contributed by atoms with Crippen LogP contribution >= 0.6 is 0 Å². The second-order valence-electron chi connectivity index (χ2n) is 4.39. The van der Waals surface area contributed by atoms with E-state index in [2.05, 4.69) is 4.98 Å². The Morgan fingerprint density at radius 1 is 1.42 bits per heavy atom. The topological polar surface area (TPSA) is 70.2 Å². The summed E-state index contributed by atoms with van der Waals surface area (Å²) in [5.74, 6) is 0.954. The highest BCUT2D eigenvalue weighted by Gasteiger charge is 2.23. The molecule has 0 atom stereocenters. The first kappa shape index (κ1) is 13.1. The summed E-state index contributed by atoms with van der Waals surface area (Å²) in [6.45, 7) is 5.46. The lowest BCUT2D eigenvalue weighted by molar-refractivity contribution is -0.385.